The van der Waals surface area contributed by atoms with Crippen LogP contribution in [0.15, 0.2) is 24.3 Å². The fraction of sp³-hybridized carbons (Fsp3) is 0.500. The molecule has 0 saturated carbocycles. The molecule has 1 aliphatic rings. The first-order valence-electron chi connectivity index (χ1n) is 8.37. The van der Waals surface area contributed by atoms with Crippen molar-refractivity contribution in [2.45, 2.75) is 25.7 Å². The number of unbranched alkanes of at least 4 members (excludes halogenated alkanes) is 2. The summed E-state index contributed by atoms with van der Waals surface area (Å²) in [4.78, 5) is 39.4. The highest BCUT2D eigenvalue weighted by molar-refractivity contribution is 6.21. The Morgan fingerprint density at radius 2 is 1.64 bits per heavy atom. The molecule has 7 heteroatoms. The van der Waals surface area contributed by atoms with E-state index >= 15 is 0 Å². The van der Waals surface area contributed by atoms with Crippen LogP contribution in [0.2, 0.25) is 0 Å². The first-order chi connectivity index (χ1) is 11.5. The summed E-state index contributed by atoms with van der Waals surface area (Å²) in [6.07, 6.45) is 2.78. The lowest BCUT2D eigenvalue weighted by Gasteiger charge is -2.13. The lowest BCUT2D eigenvalue weighted by molar-refractivity contribution is -0.121. The highest BCUT2D eigenvalue weighted by Crippen LogP contribution is 2.22. The number of fused-ring (bicyclic) bond motifs is 1. The Kier molecular flexibility index (Phi) is 8.58. The molecule has 3 amide bonds. The summed E-state index contributed by atoms with van der Waals surface area (Å²) in [7, 11) is 3.93. The SMILES string of the molecule is CN(C)CCNC(=O)CCCCCN1C(=O)c2ccccc2C1=O.Cl. The van der Waals surface area contributed by atoms with Gasteiger partial charge in [-0.05, 0) is 39.1 Å². The van der Waals surface area contributed by atoms with Gasteiger partial charge in [0.05, 0.1) is 11.1 Å². The predicted molar refractivity (Wildman–Crippen MR) is 99.1 cm³/mol. The van der Waals surface area contributed by atoms with Crippen LogP contribution in [-0.4, -0.2) is 61.3 Å². The lowest BCUT2D eigenvalue weighted by atomic mass is 10.1. The van der Waals surface area contributed by atoms with E-state index in [0.29, 0.717) is 30.6 Å². The zero-order valence-electron chi connectivity index (χ0n) is 14.8. The molecule has 0 spiro atoms. The summed E-state index contributed by atoms with van der Waals surface area (Å²) < 4.78 is 0. The van der Waals surface area contributed by atoms with Gasteiger partial charge in [-0.15, -0.1) is 12.4 Å². The van der Waals surface area contributed by atoms with Crippen LogP contribution in [0.25, 0.3) is 0 Å². The number of carbonyl (C=O) groups is 3. The van der Waals surface area contributed by atoms with Crippen molar-refractivity contribution >= 4 is 30.1 Å². The van der Waals surface area contributed by atoms with Crippen molar-refractivity contribution < 1.29 is 14.4 Å². The normalized spacial score (nSPS) is 13.0. The molecule has 2 rings (SSSR count). The Morgan fingerprint density at radius 1 is 1.04 bits per heavy atom. The number of hydrogen-bond acceptors (Lipinski definition) is 4. The molecule has 1 heterocycles. The Hall–Kier alpha value is -1.92. The predicted octanol–water partition coefficient (Wildman–Crippen LogP) is 1.94. The van der Waals surface area contributed by atoms with E-state index < -0.39 is 0 Å². The third kappa shape index (κ3) is 5.83. The van der Waals surface area contributed by atoms with Crippen molar-refractivity contribution in [3.05, 3.63) is 35.4 Å². The first kappa shape index (κ1) is 21.1. The number of nitrogens with one attached hydrogen (secondary N) is 1. The van der Waals surface area contributed by atoms with Crippen LogP contribution < -0.4 is 5.32 Å². The summed E-state index contributed by atoms with van der Waals surface area (Å²) in [5.74, 6) is -0.369. The van der Waals surface area contributed by atoms with Crippen LogP contribution >= 0.6 is 12.4 Å². The van der Waals surface area contributed by atoms with Crippen molar-refractivity contribution in [2.75, 3.05) is 33.7 Å². The number of carbonyl (C=O) groups excluding carboxylic acids is 3. The van der Waals surface area contributed by atoms with Gasteiger partial charge in [-0.25, -0.2) is 0 Å². The molecule has 0 saturated heterocycles. The fourth-order valence-corrected chi connectivity index (χ4v) is 2.68. The number of benzene rings is 1. The number of amides is 3. The minimum absolute atomic E-state index is 0. The number of rotatable bonds is 9. The van der Waals surface area contributed by atoms with Gasteiger partial charge in [0.15, 0.2) is 0 Å². The average Bonchev–Trinajstić information content (AvgIpc) is 2.79. The van der Waals surface area contributed by atoms with Crippen molar-refractivity contribution in [3.8, 4) is 0 Å². The summed E-state index contributed by atoms with van der Waals surface area (Å²) in [5.41, 5.74) is 0.977. The molecule has 0 bridgehead atoms. The van der Waals surface area contributed by atoms with Crippen LogP contribution in [0.5, 0.6) is 0 Å². The standard InChI is InChI=1S/C18H25N3O3.ClH/c1-20(2)13-11-19-16(22)10-4-3-7-12-21-17(23)14-8-5-6-9-15(14)18(21)24;/h5-6,8-9H,3-4,7,10-13H2,1-2H3,(H,19,22);1H. The smallest absolute Gasteiger partial charge is 0.261 e. The van der Waals surface area contributed by atoms with E-state index in [9.17, 15) is 14.4 Å². The highest BCUT2D eigenvalue weighted by Gasteiger charge is 2.34. The van der Waals surface area contributed by atoms with Gasteiger partial charge < -0.3 is 10.2 Å². The molecule has 0 radical (unpaired) electrons. The quantitative estimate of drug-likeness (QED) is 0.535. The van der Waals surface area contributed by atoms with Crippen LogP contribution in [0.1, 0.15) is 46.4 Å². The maximum Gasteiger partial charge on any atom is 0.261 e. The van der Waals surface area contributed by atoms with E-state index in [-0.39, 0.29) is 30.1 Å². The van der Waals surface area contributed by atoms with Gasteiger partial charge in [-0.1, -0.05) is 18.6 Å². The monoisotopic (exact) mass is 367 g/mol. The van der Waals surface area contributed by atoms with Crippen LogP contribution in [0, 0.1) is 0 Å². The van der Waals surface area contributed by atoms with Crippen molar-refractivity contribution in [1.29, 1.82) is 0 Å². The zero-order valence-corrected chi connectivity index (χ0v) is 15.6. The van der Waals surface area contributed by atoms with E-state index in [4.69, 9.17) is 0 Å². The molecule has 0 fully saturated rings. The second-order valence-corrected chi connectivity index (χ2v) is 6.27. The Labute approximate surface area is 155 Å². The molecular weight excluding hydrogens is 342 g/mol. The fourth-order valence-electron chi connectivity index (χ4n) is 2.68. The van der Waals surface area contributed by atoms with Crippen LogP contribution in [0.4, 0.5) is 0 Å². The minimum atomic E-state index is -0.211. The largest absolute Gasteiger partial charge is 0.355 e. The second-order valence-electron chi connectivity index (χ2n) is 6.27. The zero-order chi connectivity index (χ0) is 17.5. The molecule has 1 aliphatic heterocycles. The molecule has 0 aliphatic carbocycles. The van der Waals surface area contributed by atoms with Crippen LogP contribution in [0.3, 0.4) is 0 Å². The summed E-state index contributed by atoms with van der Waals surface area (Å²) in [6, 6.07) is 6.91. The number of likely N-dealkylation sites (N-methyl/N-ethyl adjacent to an activating group) is 1. The summed E-state index contributed by atoms with van der Waals surface area (Å²) in [6.45, 7) is 1.89. The molecule has 25 heavy (non-hydrogen) atoms. The second kappa shape index (κ2) is 10.2. The number of nitrogens with zero attached hydrogens (tertiary/aromatic N) is 2. The maximum atomic E-state index is 12.2. The topological polar surface area (TPSA) is 69.7 Å². The van der Waals surface area contributed by atoms with E-state index in [2.05, 4.69) is 5.32 Å². The Bertz CT molecular complexity index is 584. The first-order valence-corrected chi connectivity index (χ1v) is 8.37. The van der Waals surface area contributed by atoms with Crippen LogP contribution in [-0.2, 0) is 4.79 Å². The third-order valence-electron chi connectivity index (χ3n) is 4.04. The van der Waals surface area contributed by atoms with E-state index in [0.717, 1.165) is 25.8 Å². The van der Waals surface area contributed by atoms with Gasteiger partial charge >= 0.3 is 0 Å². The Balaban J connectivity index is 0.00000312. The maximum absolute atomic E-state index is 12.2. The summed E-state index contributed by atoms with van der Waals surface area (Å²) in [5, 5.41) is 2.87. The van der Waals surface area contributed by atoms with Gasteiger partial charge in [0, 0.05) is 26.1 Å². The molecule has 6 nitrogen and oxygen atoms in total. The number of halogens is 1. The van der Waals surface area contributed by atoms with Gasteiger partial charge in [0.25, 0.3) is 11.8 Å². The number of imide groups is 1. The van der Waals surface area contributed by atoms with E-state index in [1.165, 1.54) is 4.90 Å². The third-order valence-corrected chi connectivity index (χ3v) is 4.04. The van der Waals surface area contributed by atoms with E-state index in [1.54, 1.807) is 24.3 Å². The van der Waals surface area contributed by atoms with Crippen molar-refractivity contribution in [2.24, 2.45) is 0 Å². The van der Waals surface area contributed by atoms with Gasteiger partial charge in [-0.3, -0.25) is 19.3 Å². The summed E-state index contributed by atoms with van der Waals surface area (Å²) >= 11 is 0. The minimum Gasteiger partial charge on any atom is -0.355 e. The molecular formula is C18H26ClN3O3. The lowest BCUT2D eigenvalue weighted by Crippen LogP contribution is -2.31. The molecule has 1 aromatic rings. The van der Waals surface area contributed by atoms with Gasteiger partial charge in [0.1, 0.15) is 0 Å². The molecule has 0 unspecified atom stereocenters. The van der Waals surface area contributed by atoms with Gasteiger partial charge in [-0.2, -0.15) is 0 Å². The van der Waals surface area contributed by atoms with Crippen molar-refractivity contribution in [3.63, 3.8) is 0 Å². The number of hydrogen-bond donors (Lipinski definition) is 1. The van der Waals surface area contributed by atoms with Crippen molar-refractivity contribution in [1.82, 2.24) is 15.1 Å². The molecule has 138 valence electrons. The molecule has 1 aromatic carbocycles. The van der Waals surface area contributed by atoms with Gasteiger partial charge in [0.2, 0.25) is 5.91 Å². The Morgan fingerprint density at radius 3 is 2.20 bits per heavy atom. The van der Waals surface area contributed by atoms with E-state index in [1.807, 2.05) is 19.0 Å². The molecule has 0 atom stereocenters. The average molecular weight is 368 g/mol. The molecule has 1 N–H and O–H groups in total. The molecule has 0 aromatic heterocycles. The highest BCUT2D eigenvalue weighted by atomic mass is 35.5.